The highest BCUT2D eigenvalue weighted by Crippen LogP contribution is 2.27. The Morgan fingerprint density at radius 2 is 1.80 bits per heavy atom. The van der Waals surface area contributed by atoms with Gasteiger partial charge in [-0.2, -0.15) is 5.10 Å². The van der Waals surface area contributed by atoms with Gasteiger partial charge in [0.2, 0.25) is 0 Å². The molecule has 0 amide bonds. The molecular weight excluding hydrogens is 246 g/mol. The first-order chi connectivity index (χ1) is 9.49. The first-order valence-electron chi connectivity index (χ1n) is 7.36. The summed E-state index contributed by atoms with van der Waals surface area (Å²) in [6.45, 7) is 11.6. The zero-order valence-electron chi connectivity index (χ0n) is 13.1. The molecule has 0 aliphatic carbocycles. The number of aryl methyl sites for hydroxylation is 1. The second-order valence-corrected chi connectivity index (χ2v) is 5.89. The highest BCUT2D eigenvalue weighted by atomic mass is 15.3. The fourth-order valence-electron chi connectivity index (χ4n) is 2.26. The summed E-state index contributed by atoms with van der Waals surface area (Å²) >= 11 is 0. The van der Waals surface area contributed by atoms with Gasteiger partial charge in [0.15, 0.2) is 0 Å². The van der Waals surface area contributed by atoms with Crippen molar-refractivity contribution in [1.29, 1.82) is 0 Å². The fraction of sp³-hybridized carbons (Fsp3) is 0.471. The molecule has 0 aliphatic heterocycles. The van der Waals surface area contributed by atoms with Crippen molar-refractivity contribution in [3.8, 4) is 11.1 Å². The van der Waals surface area contributed by atoms with E-state index in [-0.39, 0.29) is 0 Å². The lowest BCUT2D eigenvalue weighted by molar-refractivity contribution is 0.529. The molecule has 0 spiro atoms. The lowest BCUT2D eigenvalue weighted by Crippen LogP contribution is -2.22. The Labute approximate surface area is 122 Å². The van der Waals surface area contributed by atoms with Gasteiger partial charge in [-0.3, -0.25) is 4.68 Å². The van der Waals surface area contributed by atoms with Gasteiger partial charge in [-0.05, 0) is 31.9 Å². The van der Waals surface area contributed by atoms with Crippen LogP contribution < -0.4 is 5.32 Å². The third-order valence-electron chi connectivity index (χ3n) is 3.45. The molecule has 3 nitrogen and oxygen atoms in total. The van der Waals surface area contributed by atoms with Crippen LogP contribution in [0, 0.1) is 6.92 Å². The summed E-state index contributed by atoms with van der Waals surface area (Å²) in [6, 6.07) is 9.46. The molecular formula is C17H25N3. The fourth-order valence-corrected chi connectivity index (χ4v) is 2.26. The van der Waals surface area contributed by atoms with Crippen molar-refractivity contribution >= 4 is 0 Å². The van der Waals surface area contributed by atoms with E-state index in [4.69, 9.17) is 0 Å². The van der Waals surface area contributed by atoms with Crippen LogP contribution in [0.3, 0.4) is 0 Å². The molecule has 20 heavy (non-hydrogen) atoms. The Hall–Kier alpha value is -1.61. The van der Waals surface area contributed by atoms with Crippen LogP contribution in [0.5, 0.6) is 0 Å². The molecule has 3 heteroatoms. The van der Waals surface area contributed by atoms with Gasteiger partial charge in [-0.1, -0.05) is 38.1 Å². The Bertz CT molecular complexity index is 567. The number of rotatable bonds is 5. The molecule has 0 radical (unpaired) electrons. The first-order valence-corrected chi connectivity index (χ1v) is 7.36. The van der Waals surface area contributed by atoms with E-state index in [1.54, 1.807) is 0 Å². The lowest BCUT2D eigenvalue weighted by atomic mass is 10.0. The second kappa shape index (κ2) is 6.23. The van der Waals surface area contributed by atoms with Crippen LogP contribution in [0.15, 0.2) is 30.5 Å². The van der Waals surface area contributed by atoms with Crippen LogP contribution in [0.1, 0.15) is 45.0 Å². The van der Waals surface area contributed by atoms with Crippen molar-refractivity contribution in [2.75, 3.05) is 0 Å². The maximum atomic E-state index is 4.62. The summed E-state index contributed by atoms with van der Waals surface area (Å²) < 4.78 is 2.04. The average molecular weight is 271 g/mol. The van der Waals surface area contributed by atoms with E-state index in [9.17, 15) is 0 Å². The maximum absolute atomic E-state index is 4.62. The minimum atomic E-state index is 0.392. The average Bonchev–Trinajstić information content (AvgIpc) is 2.79. The molecule has 0 saturated heterocycles. The summed E-state index contributed by atoms with van der Waals surface area (Å²) in [5.74, 6) is 0. The number of aromatic nitrogens is 2. The maximum Gasteiger partial charge on any atom is 0.0672 e. The van der Waals surface area contributed by atoms with Crippen molar-refractivity contribution in [1.82, 2.24) is 15.1 Å². The third-order valence-corrected chi connectivity index (χ3v) is 3.45. The zero-order chi connectivity index (χ0) is 14.7. The molecule has 0 atom stereocenters. The van der Waals surface area contributed by atoms with Crippen molar-refractivity contribution in [3.05, 3.63) is 41.7 Å². The molecule has 2 rings (SSSR count). The van der Waals surface area contributed by atoms with Crippen molar-refractivity contribution in [3.63, 3.8) is 0 Å². The summed E-state index contributed by atoms with van der Waals surface area (Å²) in [5, 5.41) is 8.11. The Morgan fingerprint density at radius 3 is 2.40 bits per heavy atom. The highest BCUT2D eigenvalue weighted by Gasteiger charge is 2.12. The molecule has 0 aliphatic rings. The van der Waals surface area contributed by atoms with Gasteiger partial charge in [0.1, 0.15) is 0 Å². The summed E-state index contributed by atoms with van der Waals surface area (Å²) in [7, 11) is 0. The predicted octanol–water partition coefficient (Wildman–Crippen LogP) is 3.94. The van der Waals surface area contributed by atoms with E-state index >= 15 is 0 Å². The SMILES string of the molecule is Cc1nn(C(C)C)cc1-c1ccccc1CNC(C)C. The highest BCUT2D eigenvalue weighted by molar-refractivity contribution is 5.68. The number of benzene rings is 1. The third kappa shape index (κ3) is 3.28. The van der Waals surface area contributed by atoms with E-state index in [0.29, 0.717) is 12.1 Å². The van der Waals surface area contributed by atoms with Gasteiger partial charge in [0, 0.05) is 30.4 Å². The molecule has 1 aromatic heterocycles. The summed E-state index contributed by atoms with van der Waals surface area (Å²) in [4.78, 5) is 0. The van der Waals surface area contributed by atoms with Gasteiger partial charge >= 0.3 is 0 Å². The van der Waals surface area contributed by atoms with Crippen LogP contribution in [0.2, 0.25) is 0 Å². The summed E-state index contributed by atoms with van der Waals surface area (Å²) in [5.41, 5.74) is 4.94. The number of hydrogen-bond acceptors (Lipinski definition) is 2. The van der Waals surface area contributed by atoms with Crippen LogP contribution >= 0.6 is 0 Å². The molecule has 1 N–H and O–H groups in total. The number of hydrogen-bond donors (Lipinski definition) is 1. The van der Waals surface area contributed by atoms with Gasteiger partial charge in [0.05, 0.1) is 5.69 Å². The number of nitrogens with one attached hydrogen (secondary N) is 1. The first kappa shape index (κ1) is 14.8. The van der Waals surface area contributed by atoms with E-state index in [0.717, 1.165) is 12.2 Å². The van der Waals surface area contributed by atoms with Gasteiger partial charge in [-0.15, -0.1) is 0 Å². The molecule has 2 aromatic rings. The standard InChI is InChI=1S/C17H25N3/c1-12(2)18-10-15-8-6-7-9-16(15)17-11-20(13(3)4)19-14(17)5/h6-9,11-13,18H,10H2,1-5H3. The quantitative estimate of drug-likeness (QED) is 0.892. The molecule has 0 bridgehead atoms. The Kier molecular flexibility index (Phi) is 4.61. The van der Waals surface area contributed by atoms with Crippen LogP contribution in [0.25, 0.3) is 11.1 Å². The van der Waals surface area contributed by atoms with E-state index in [1.165, 1.54) is 16.7 Å². The van der Waals surface area contributed by atoms with E-state index in [2.05, 4.69) is 75.5 Å². The molecule has 108 valence electrons. The van der Waals surface area contributed by atoms with Gasteiger partial charge < -0.3 is 5.32 Å². The van der Waals surface area contributed by atoms with Crippen molar-refractivity contribution in [2.24, 2.45) is 0 Å². The molecule has 0 unspecified atom stereocenters. The second-order valence-electron chi connectivity index (χ2n) is 5.89. The smallest absolute Gasteiger partial charge is 0.0672 e. The van der Waals surface area contributed by atoms with Gasteiger partial charge in [-0.25, -0.2) is 0 Å². The predicted molar refractivity (Wildman–Crippen MR) is 84.8 cm³/mol. The van der Waals surface area contributed by atoms with Gasteiger partial charge in [0.25, 0.3) is 0 Å². The Morgan fingerprint density at radius 1 is 1.10 bits per heavy atom. The van der Waals surface area contributed by atoms with Crippen molar-refractivity contribution in [2.45, 2.75) is 53.2 Å². The topological polar surface area (TPSA) is 29.9 Å². The monoisotopic (exact) mass is 271 g/mol. The molecule has 0 fully saturated rings. The minimum absolute atomic E-state index is 0.392. The summed E-state index contributed by atoms with van der Waals surface area (Å²) in [6.07, 6.45) is 2.16. The van der Waals surface area contributed by atoms with Crippen LogP contribution in [-0.4, -0.2) is 15.8 Å². The van der Waals surface area contributed by atoms with E-state index in [1.807, 2.05) is 4.68 Å². The lowest BCUT2D eigenvalue weighted by Gasteiger charge is -2.12. The van der Waals surface area contributed by atoms with E-state index < -0.39 is 0 Å². The molecule has 1 heterocycles. The van der Waals surface area contributed by atoms with Crippen molar-refractivity contribution < 1.29 is 0 Å². The Balaban J connectivity index is 2.37. The molecule has 0 saturated carbocycles. The zero-order valence-corrected chi connectivity index (χ0v) is 13.1. The normalized spacial score (nSPS) is 11.6. The van der Waals surface area contributed by atoms with Crippen LogP contribution in [0.4, 0.5) is 0 Å². The largest absolute Gasteiger partial charge is 0.310 e. The van der Waals surface area contributed by atoms with Crippen LogP contribution in [-0.2, 0) is 6.54 Å². The minimum Gasteiger partial charge on any atom is -0.310 e. The number of nitrogens with zero attached hydrogens (tertiary/aromatic N) is 2. The molecule has 1 aromatic carbocycles.